The smallest absolute Gasteiger partial charge is 0.350 e. The van der Waals surface area contributed by atoms with Crippen LogP contribution in [-0.4, -0.2) is 75.0 Å². The highest BCUT2D eigenvalue weighted by Crippen LogP contribution is 2.46. The maximum Gasteiger partial charge on any atom is 0.350 e. The van der Waals surface area contributed by atoms with E-state index in [0.717, 1.165) is 16.3 Å². The van der Waals surface area contributed by atoms with Crippen molar-refractivity contribution in [3.63, 3.8) is 0 Å². The number of aliphatic hydroxyl groups is 1. The molecule has 0 radical (unpaired) electrons. The summed E-state index contributed by atoms with van der Waals surface area (Å²) in [5, 5.41) is 13.4. The number of aromatic nitrogens is 2. The van der Waals surface area contributed by atoms with Gasteiger partial charge in [-0.2, -0.15) is 4.98 Å². The van der Waals surface area contributed by atoms with E-state index in [1.807, 2.05) is 0 Å². The number of ether oxygens (including phenoxy) is 2. The lowest BCUT2D eigenvalue weighted by Gasteiger charge is -2.27. The van der Waals surface area contributed by atoms with Crippen molar-refractivity contribution in [3.8, 4) is 0 Å². The van der Waals surface area contributed by atoms with E-state index in [-0.39, 0.29) is 5.82 Å². The molecule has 5 N–H and O–H groups in total. The lowest BCUT2D eigenvalue weighted by atomic mass is 10.1. The molecule has 16 heteroatoms. The van der Waals surface area contributed by atoms with Crippen LogP contribution in [0.15, 0.2) is 17.1 Å². The number of hydrogen-bond acceptors (Lipinski definition) is 11. The number of esters is 2. The average Bonchev–Trinajstić information content (AvgIpc) is 3.05. The van der Waals surface area contributed by atoms with Crippen molar-refractivity contribution in [1.82, 2.24) is 19.7 Å². The normalized spacial score (nSPS) is 23.7. The van der Waals surface area contributed by atoms with Gasteiger partial charge >= 0.3 is 25.3 Å². The molecule has 1 aromatic heterocycles. The number of alkyl halides is 1. The molecule has 0 aliphatic carbocycles. The van der Waals surface area contributed by atoms with Gasteiger partial charge in [-0.1, -0.05) is 0 Å². The Kier molecular flexibility index (Phi) is 11.1. The Morgan fingerprint density at radius 2 is 1.68 bits per heavy atom. The number of hydrogen-bond donors (Lipinski definition) is 4. The summed E-state index contributed by atoms with van der Waals surface area (Å²) in [6.45, 7) is 8.91. The molecule has 0 aromatic carbocycles. The van der Waals surface area contributed by atoms with Gasteiger partial charge in [0, 0.05) is 6.20 Å². The van der Waals surface area contributed by atoms with Crippen molar-refractivity contribution in [2.75, 3.05) is 12.3 Å². The van der Waals surface area contributed by atoms with Gasteiger partial charge in [0.2, 0.25) is 0 Å². The minimum Gasteiger partial charge on any atom is -0.462 e. The molecule has 1 fully saturated rings. The highest BCUT2D eigenvalue weighted by atomic mass is 32.2. The Morgan fingerprint density at radius 1 is 1.16 bits per heavy atom. The Bertz CT molecular complexity index is 1030. The number of halogens is 1. The number of carbonyl (C=O) groups excluding carboxylic acids is 2. The van der Waals surface area contributed by atoms with Gasteiger partial charge in [-0.3, -0.25) is 18.7 Å². The van der Waals surface area contributed by atoms with E-state index in [1.165, 1.54) is 26.1 Å². The first-order chi connectivity index (χ1) is 17.1. The van der Waals surface area contributed by atoms with Gasteiger partial charge in [0.1, 0.15) is 29.4 Å². The first-order valence-corrected chi connectivity index (χ1v) is 14.2. The molecule has 0 bridgehead atoms. The quantitative estimate of drug-likeness (QED) is 0.208. The standard InChI is InChI=1S/C21H35FN5O8PS/c1-10(2)34-19(29)12(5)25-36(32,26-13(6)20(30)35-11(3)4)33-9-14-17(28)16(22)18(37-14)27-8-7-15(23)24-21(27)31/h7-8,10-14,16-18,28H,9H2,1-6H3,(H2,23,24,31)(H2,25,26,32)/t12-,13-,14+,16-,17+,18+/m0/s1. The van der Waals surface area contributed by atoms with E-state index in [9.17, 15) is 28.4 Å². The monoisotopic (exact) mass is 567 g/mol. The molecular formula is C21H35FN5O8PS. The van der Waals surface area contributed by atoms with Crippen LogP contribution in [0.1, 0.15) is 46.9 Å². The predicted molar refractivity (Wildman–Crippen MR) is 135 cm³/mol. The molecule has 0 spiro atoms. The Hall–Kier alpha value is -2.03. The maximum absolute atomic E-state index is 14.9. The molecule has 2 heterocycles. The second-order valence-electron chi connectivity index (χ2n) is 9.06. The SMILES string of the molecule is CC(C)OC(=O)[C@H](C)NP(=O)(N[C@@H](C)C(=O)OC(C)C)OC[C@H]1S[C@@H](n2ccc(N)nc2=O)[C@@H](F)[C@@H]1O. The first kappa shape index (κ1) is 31.2. The summed E-state index contributed by atoms with van der Waals surface area (Å²) >= 11 is 0.880. The van der Waals surface area contributed by atoms with Crippen LogP contribution in [-0.2, 0) is 28.2 Å². The number of carbonyl (C=O) groups is 2. The van der Waals surface area contributed by atoms with Crippen molar-refractivity contribution in [2.24, 2.45) is 0 Å². The summed E-state index contributed by atoms with van der Waals surface area (Å²) in [4.78, 5) is 40.3. The van der Waals surface area contributed by atoms with Crippen molar-refractivity contribution in [1.29, 1.82) is 0 Å². The molecule has 1 aromatic rings. The number of anilines is 1. The Morgan fingerprint density at radius 3 is 2.14 bits per heavy atom. The summed E-state index contributed by atoms with van der Waals surface area (Å²) in [6, 6.07) is -0.907. The Labute approximate surface area is 218 Å². The highest BCUT2D eigenvalue weighted by Gasteiger charge is 2.46. The van der Waals surface area contributed by atoms with Crippen molar-refractivity contribution in [3.05, 3.63) is 22.7 Å². The fraction of sp³-hybridized carbons (Fsp3) is 0.714. The summed E-state index contributed by atoms with van der Waals surface area (Å²) in [7, 11) is -4.18. The Balaban J connectivity index is 2.19. The number of nitrogen functional groups attached to an aromatic ring is 1. The lowest BCUT2D eigenvalue weighted by molar-refractivity contribution is -0.149. The number of nitrogens with two attached hydrogens (primary N) is 1. The van der Waals surface area contributed by atoms with Gasteiger partial charge in [0.05, 0.1) is 24.1 Å². The number of aliphatic hydroxyl groups excluding tert-OH is 1. The minimum absolute atomic E-state index is 0.0339. The van der Waals surface area contributed by atoms with Crippen LogP contribution in [0.3, 0.4) is 0 Å². The first-order valence-electron chi connectivity index (χ1n) is 11.7. The molecule has 37 heavy (non-hydrogen) atoms. The fourth-order valence-electron chi connectivity index (χ4n) is 3.26. The van der Waals surface area contributed by atoms with Gasteiger partial charge in [-0.25, -0.2) is 19.4 Å². The van der Waals surface area contributed by atoms with E-state index >= 15 is 0 Å². The van der Waals surface area contributed by atoms with Crippen LogP contribution in [0.5, 0.6) is 0 Å². The van der Waals surface area contributed by atoms with E-state index in [0.29, 0.717) is 0 Å². The van der Waals surface area contributed by atoms with Crippen LogP contribution >= 0.6 is 19.4 Å². The molecule has 2 rings (SSSR count). The number of rotatable bonds is 12. The fourth-order valence-corrected chi connectivity index (χ4v) is 6.60. The molecule has 1 aliphatic heterocycles. The molecule has 1 aliphatic rings. The predicted octanol–water partition coefficient (Wildman–Crippen LogP) is 1.12. The van der Waals surface area contributed by atoms with Gasteiger partial charge in [-0.15, -0.1) is 11.8 Å². The second kappa shape index (κ2) is 13.2. The van der Waals surface area contributed by atoms with E-state index < -0.39 is 79.1 Å². The highest BCUT2D eigenvalue weighted by molar-refractivity contribution is 8.00. The topological polar surface area (TPSA) is 184 Å². The number of thioether (sulfide) groups is 1. The molecule has 0 amide bonds. The molecule has 0 unspecified atom stereocenters. The van der Waals surface area contributed by atoms with Gasteiger partial charge in [0.25, 0.3) is 0 Å². The zero-order valence-electron chi connectivity index (χ0n) is 21.5. The lowest BCUT2D eigenvalue weighted by Crippen LogP contribution is -2.43. The van der Waals surface area contributed by atoms with E-state index in [2.05, 4.69) is 15.2 Å². The largest absolute Gasteiger partial charge is 0.462 e. The van der Waals surface area contributed by atoms with Crippen molar-refractivity contribution >= 4 is 37.2 Å². The molecule has 0 saturated carbocycles. The van der Waals surface area contributed by atoms with Crippen LogP contribution in [0.4, 0.5) is 10.2 Å². The van der Waals surface area contributed by atoms with Crippen LogP contribution in [0.2, 0.25) is 0 Å². The zero-order chi connectivity index (χ0) is 28.1. The molecule has 1 saturated heterocycles. The summed E-state index contributed by atoms with van der Waals surface area (Å²) in [5.41, 5.74) is 4.69. The molecule has 6 atom stereocenters. The second-order valence-corrected chi connectivity index (χ2v) is 12.3. The summed E-state index contributed by atoms with van der Waals surface area (Å²) in [5.74, 6) is -1.46. The van der Waals surface area contributed by atoms with Crippen molar-refractivity contribution < 1.29 is 37.6 Å². The van der Waals surface area contributed by atoms with Gasteiger partial charge in [0.15, 0.2) is 6.17 Å². The third-order valence-corrected chi connectivity index (χ3v) is 8.48. The zero-order valence-corrected chi connectivity index (χ0v) is 23.2. The van der Waals surface area contributed by atoms with Gasteiger partial charge in [-0.05, 0) is 47.6 Å². The van der Waals surface area contributed by atoms with E-state index in [1.54, 1.807) is 27.7 Å². The third kappa shape index (κ3) is 8.76. The van der Waals surface area contributed by atoms with Crippen LogP contribution < -0.4 is 21.6 Å². The maximum atomic E-state index is 14.9. The van der Waals surface area contributed by atoms with Gasteiger partial charge < -0.3 is 24.8 Å². The minimum atomic E-state index is -4.18. The van der Waals surface area contributed by atoms with Crippen LogP contribution in [0.25, 0.3) is 0 Å². The molecule has 13 nitrogen and oxygen atoms in total. The van der Waals surface area contributed by atoms with Crippen molar-refractivity contribution in [2.45, 2.75) is 88.7 Å². The number of nitrogens with one attached hydrogen (secondary N) is 2. The molecular weight excluding hydrogens is 532 g/mol. The summed E-state index contributed by atoms with van der Waals surface area (Å²) < 4.78 is 45.4. The summed E-state index contributed by atoms with van der Waals surface area (Å²) in [6.07, 6.45) is -3.05. The third-order valence-electron chi connectivity index (χ3n) is 4.98. The molecule has 210 valence electrons. The average molecular weight is 568 g/mol. The number of nitrogens with zero attached hydrogens (tertiary/aromatic N) is 2. The van der Waals surface area contributed by atoms with E-state index in [4.69, 9.17) is 19.7 Å². The van der Waals surface area contributed by atoms with Crippen LogP contribution in [0, 0.1) is 0 Å².